The Morgan fingerprint density at radius 1 is 1.22 bits per heavy atom. The zero-order chi connectivity index (χ0) is 13.7. The van der Waals surface area contributed by atoms with Crippen molar-refractivity contribution in [2.45, 2.75) is 39.2 Å². The molecule has 0 N–H and O–H groups in total. The summed E-state index contributed by atoms with van der Waals surface area (Å²) >= 11 is 0. The number of hydrogen-bond acceptors (Lipinski definition) is 5. The average Bonchev–Trinajstić information content (AvgIpc) is 2.62. The van der Waals surface area contributed by atoms with Gasteiger partial charge in [-0.3, -0.25) is 19.3 Å². The fourth-order valence-electron chi connectivity index (χ4n) is 1.61. The Morgan fingerprint density at radius 3 is 2.22 bits per heavy atom. The molecule has 2 amide bonds. The first-order valence-electron chi connectivity index (χ1n) is 5.81. The van der Waals surface area contributed by atoms with Crippen LogP contribution >= 0.6 is 0 Å². The number of amides is 2. The van der Waals surface area contributed by atoms with E-state index in [0.29, 0.717) is 6.42 Å². The van der Waals surface area contributed by atoms with Gasteiger partial charge in [0, 0.05) is 18.6 Å². The van der Waals surface area contributed by atoms with E-state index in [1.165, 1.54) is 0 Å². The molecule has 0 aromatic rings. The lowest BCUT2D eigenvalue weighted by atomic mass is 10.2. The monoisotopic (exact) mass is 253 g/mol. The molecule has 0 bridgehead atoms. The molecule has 98 valence electrons. The first kappa shape index (κ1) is 14.1. The van der Waals surface area contributed by atoms with Crippen LogP contribution in [0.1, 0.15) is 33.1 Å². The molecule has 0 fully saturated rings. The molecular weight excluding hydrogens is 238 g/mol. The summed E-state index contributed by atoms with van der Waals surface area (Å²) in [6.45, 7) is 3.41. The van der Waals surface area contributed by atoms with Crippen LogP contribution in [0.3, 0.4) is 0 Å². The van der Waals surface area contributed by atoms with Crippen molar-refractivity contribution in [2.75, 3.05) is 0 Å². The van der Waals surface area contributed by atoms with Gasteiger partial charge in [0.1, 0.15) is 6.04 Å². The molecule has 0 saturated carbocycles. The van der Waals surface area contributed by atoms with Crippen molar-refractivity contribution in [2.24, 2.45) is 0 Å². The van der Waals surface area contributed by atoms with Crippen LogP contribution in [0.5, 0.6) is 0 Å². The lowest BCUT2D eigenvalue weighted by Crippen LogP contribution is -2.45. The van der Waals surface area contributed by atoms with Gasteiger partial charge in [-0.25, -0.2) is 4.79 Å². The number of carbonyl (C=O) groups excluding carboxylic acids is 4. The minimum absolute atomic E-state index is 0.127. The maximum Gasteiger partial charge on any atom is 0.337 e. The zero-order valence-electron chi connectivity index (χ0n) is 10.3. The third kappa shape index (κ3) is 3.03. The number of esters is 2. The largest absolute Gasteiger partial charge is 0.392 e. The number of hydrogen-bond donors (Lipinski definition) is 0. The van der Waals surface area contributed by atoms with Crippen molar-refractivity contribution in [3.05, 3.63) is 12.2 Å². The number of nitrogens with zero attached hydrogens (tertiary/aromatic N) is 1. The molecular formula is C12H15NO5. The summed E-state index contributed by atoms with van der Waals surface area (Å²) in [6.07, 6.45) is 3.07. The Hall–Kier alpha value is -1.98. The summed E-state index contributed by atoms with van der Waals surface area (Å²) in [5.74, 6) is -2.63. The van der Waals surface area contributed by atoms with Crippen LogP contribution in [-0.4, -0.2) is 34.7 Å². The Morgan fingerprint density at radius 2 is 1.78 bits per heavy atom. The maximum absolute atomic E-state index is 11.7. The fourth-order valence-corrected chi connectivity index (χ4v) is 1.61. The van der Waals surface area contributed by atoms with Gasteiger partial charge in [-0.05, 0) is 12.8 Å². The van der Waals surface area contributed by atoms with E-state index in [4.69, 9.17) is 0 Å². The predicted molar refractivity (Wildman–Crippen MR) is 61.1 cm³/mol. The first-order chi connectivity index (χ1) is 8.51. The maximum atomic E-state index is 11.7. The Labute approximate surface area is 105 Å². The molecule has 1 unspecified atom stereocenters. The van der Waals surface area contributed by atoms with Crippen LogP contribution in [0.4, 0.5) is 0 Å². The van der Waals surface area contributed by atoms with Crippen molar-refractivity contribution in [1.29, 1.82) is 0 Å². The van der Waals surface area contributed by atoms with E-state index >= 15 is 0 Å². The van der Waals surface area contributed by atoms with E-state index in [9.17, 15) is 19.2 Å². The van der Waals surface area contributed by atoms with Gasteiger partial charge < -0.3 is 4.74 Å². The summed E-state index contributed by atoms with van der Waals surface area (Å²) in [5.41, 5.74) is 0. The lowest BCUT2D eigenvalue weighted by molar-refractivity contribution is -0.167. The molecule has 1 rings (SSSR count). The highest BCUT2D eigenvalue weighted by Gasteiger charge is 2.36. The van der Waals surface area contributed by atoms with Crippen molar-refractivity contribution in [3.63, 3.8) is 0 Å². The van der Waals surface area contributed by atoms with Crippen LogP contribution in [0, 0.1) is 0 Å². The standard InChI is InChI=1S/C12H15NO5/c1-3-5-11(16)18-12(17)8(4-2)13-9(14)6-7-10(13)15/h6-8H,3-5H2,1-2H3. The van der Waals surface area contributed by atoms with E-state index in [1.54, 1.807) is 13.8 Å². The van der Waals surface area contributed by atoms with Crippen molar-refractivity contribution < 1.29 is 23.9 Å². The molecule has 0 aliphatic carbocycles. The van der Waals surface area contributed by atoms with Gasteiger partial charge in [-0.1, -0.05) is 13.8 Å². The van der Waals surface area contributed by atoms with E-state index in [0.717, 1.165) is 17.1 Å². The van der Waals surface area contributed by atoms with Crippen LogP contribution in [0.2, 0.25) is 0 Å². The summed E-state index contributed by atoms with van der Waals surface area (Å²) in [7, 11) is 0. The number of imide groups is 1. The molecule has 0 aromatic heterocycles. The molecule has 6 heteroatoms. The van der Waals surface area contributed by atoms with Crippen LogP contribution < -0.4 is 0 Å². The molecule has 0 spiro atoms. The predicted octanol–water partition coefficient (Wildman–Crippen LogP) is 0.560. The van der Waals surface area contributed by atoms with Gasteiger partial charge in [-0.15, -0.1) is 0 Å². The van der Waals surface area contributed by atoms with Crippen LogP contribution in [-0.2, 0) is 23.9 Å². The third-order valence-corrected chi connectivity index (χ3v) is 2.48. The molecule has 1 aliphatic heterocycles. The number of rotatable bonds is 5. The molecule has 0 aromatic carbocycles. The minimum atomic E-state index is -1.04. The average molecular weight is 253 g/mol. The topological polar surface area (TPSA) is 80.8 Å². The van der Waals surface area contributed by atoms with Gasteiger partial charge in [-0.2, -0.15) is 0 Å². The number of carbonyl (C=O) groups is 4. The van der Waals surface area contributed by atoms with Gasteiger partial charge in [0.2, 0.25) is 0 Å². The highest BCUT2D eigenvalue weighted by atomic mass is 16.6. The minimum Gasteiger partial charge on any atom is -0.392 e. The van der Waals surface area contributed by atoms with Gasteiger partial charge in [0.25, 0.3) is 11.8 Å². The van der Waals surface area contributed by atoms with E-state index in [2.05, 4.69) is 4.74 Å². The molecule has 1 aliphatic rings. The van der Waals surface area contributed by atoms with Gasteiger partial charge in [0.05, 0.1) is 0 Å². The van der Waals surface area contributed by atoms with E-state index in [1.807, 2.05) is 0 Å². The fraction of sp³-hybridized carbons (Fsp3) is 0.500. The Kier molecular flexibility index (Phi) is 4.76. The van der Waals surface area contributed by atoms with Crippen LogP contribution in [0.25, 0.3) is 0 Å². The quantitative estimate of drug-likeness (QED) is 0.406. The van der Waals surface area contributed by atoms with Crippen molar-refractivity contribution in [3.8, 4) is 0 Å². The smallest absolute Gasteiger partial charge is 0.337 e. The SMILES string of the molecule is CCCC(=O)OC(=O)C(CC)N1C(=O)C=CC1=O. The zero-order valence-corrected chi connectivity index (χ0v) is 10.3. The molecule has 1 atom stereocenters. The Bertz CT molecular complexity index is 395. The molecule has 0 radical (unpaired) electrons. The van der Waals surface area contributed by atoms with Crippen LogP contribution in [0.15, 0.2) is 12.2 Å². The normalized spacial score (nSPS) is 16.0. The molecule has 0 saturated heterocycles. The third-order valence-electron chi connectivity index (χ3n) is 2.48. The highest BCUT2D eigenvalue weighted by molar-refractivity contribution is 6.15. The van der Waals surface area contributed by atoms with E-state index < -0.39 is 29.8 Å². The number of ether oxygens (including phenoxy) is 1. The lowest BCUT2D eigenvalue weighted by Gasteiger charge is -2.22. The van der Waals surface area contributed by atoms with E-state index in [-0.39, 0.29) is 12.8 Å². The molecule has 18 heavy (non-hydrogen) atoms. The summed E-state index contributed by atoms with van der Waals surface area (Å²) in [4.78, 5) is 46.6. The van der Waals surface area contributed by atoms with Crippen molar-refractivity contribution >= 4 is 23.8 Å². The van der Waals surface area contributed by atoms with Crippen molar-refractivity contribution in [1.82, 2.24) is 4.90 Å². The first-order valence-corrected chi connectivity index (χ1v) is 5.81. The Balaban J connectivity index is 2.72. The molecule has 6 nitrogen and oxygen atoms in total. The summed E-state index contributed by atoms with van der Waals surface area (Å²) in [5, 5.41) is 0. The highest BCUT2D eigenvalue weighted by Crippen LogP contribution is 2.14. The van der Waals surface area contributed by atoms with Gasteiger partial charge >= 0.3 is 11.9 Å². The second kappa shape index (κ2) is 6.09. The second-order valence-corrected chi connectivity index (χ2v) is 3.85. The van der Waals surface area contributed by atoms with Gasteiger partial charge in [0.15, 0.2) is 0 Å². The summed E-state index contributed by atoms with van der Waals surface area (Å²) < 4.78 is 4.60. The molecule has 1 heterocycles. The summed E-state index contributed by atoms with van der Waals surface area (Å²) in [6, 6.07) is -1.04. The second-order valence-electron chi connectivity index (χ2n) is 3.85.